The first-order valence-corrected chi connectivity index (χ1v) is 6.33. The predicted octanol–water partition coefficient (Wildman–Crippen LogP) is 4.57. The molecule has 2 aromatic rings. The zero-order chi connectivity index (χ0) is 15.6. The van der Waals surface area contributed by atoms with Gasteiger partial charge in [-0.25, -0.2) is 0 Å². The molecular formula is C16H14F3NO. The van der Waals surface area contributed by atoms with Crippen LogP contribution in [0.15, 0.2) is 42.5 Å². The average molecular weight is 293 g/mol. The Morgan fingerprint density at radius 3 is 2.33 bits per heavy atom. The van der Waals surface area contributed by atoms with E-state index in [2.05, 4.69) is 5.32 Å². The number of alkyl halides is 3. The summed E-state index contributed by atoms with van der Waals surface area (Å²) < 4.78 is 38.3. The van der Waals surface area contributed by atoms with Crippen molar-refractivity contribution in [2.75, 3.05) is 5.32 Å². The highest BCUT2D eigenvalue weighted by atomic mass is 19.4. The molecule has 1 amide bonds. The zero-order valence-electron chi connectivity index (χ0n) is 11.6. The minimum Gasteiger partial charge on any atom is -0.322 e. The van der Waals surface area contributed by atoms with Crippen LogP contribution in [0.2, 0.25) is 0 Å². The molecule has 5 heteroatoms. The number of rotatable bonds is 2. The summed E-state index contributed by atoms with van der Waals surface area (Å²) in [5.74, 6) is -0.424. The first-order chi connectivity index (χ1) is 9.77. The predicted molar refractivity (Wildman–Crippen MR) is 75.3 cm³/mol. The molecule has 110 valence electrons. The number of anilines is 1. The van der Waals surface area contributed by atoms with E-state index in [0.717, 1.165) is 17.7 Å². The van der Waals surface area contributed by atoms with Crippen molar-refractivity contribution in [2.24, 2.45) is 0 Å². The Balaban J connectivity index is 2.30. The largest absolute Gasteiger partial charge is 0.416 e. The van der Waals surface area contributed by atoms with E-state index < -0.39 is 17.6 Å². The van der Waals surface area contributed by atoms with Crippen LogP contribution in [0.1, 0.15) is 27.0 Å². The normalized spacial score (nSPS) is 11.3. The van der Waals surface area contributed by atoms with E-state index in [1.165, 1.54) is 6.07 Å². The van der Waals surface area contributed by atoms with Crippen molar-refractivity contribution in [3.63, 3.8) is 0 Å². The second-order valence-corrected chi connectivity index (χ2v) is 4.85. The van der Waals surface area contributed by atoms with E-state index in [1.807, 2.05) is 0 Å². The second kappa shape index (κ2) is 5.60. The van der Waals surface area contributed by atoms with Crippen LogP contribution in [0.5, 0.6) is 0 Å². The Morgan fingerprint density at radius 1 is 1.05 bits per heavy atom. The summed E-state index contributed by atoms with van der Waals surface area (Å²) in [6.07, 6.45) is -4.44. The lowest BCUT2D eigenvalue weighted by Gasteiger charge is -2.12. The standard InChI is InChI=1S/C16H14F3NO/c1-10-7-12(16(17,18)19)9-13(8-10)20-15(21)14-6-4-3-5-11(14)2/h3-9H,1-2H3,(H,20,21). The van der Waals surface area contributed by atoms with E-state index in [9.17, 15) is 18.0 Å². The average Bonchev–Trinajstić information content (AvgIpc) is 2.37. The summed E-state index contributed by atoms with van der Waals surface area (Å²) in [5, 5.41) is 2.51. The number of carbonyl (C=O) groups is 1. The van der Waals surface area contributed by atoms with E-state index >= 15 is 0 Å². The van der Waals surface area contributed by atoms with Gasteiger partial charge in [-0.2, -0.15) is 13.2 Å². The molecule has 0 aliphatic carbocycles. The van der Waals surface area contributed by atoms with Gasteiger partial charge in [0.2, 0.25) is 0 Å². The molecule has 21 heavy (non-hydrogen) atoms. The summed E-state index contributed by atoms with van der Waals surface area (Å²) in [6.45, 7) is 3.32. The van der Waals surface area contributed by atoms with E-state index in [-0.39, 0.29) is 5.69 Å². The van der Waals surface area contributed by atoms with E-state index in [4.69, 9.17) is 0 Å². The number of hydrogen-bond acceptors (Lipinski definition) is 1. The lowest BCUT2D eigenvalue weighted by atomic mass is 10.1. The summed E-state index contributed by atoms with van der Waals surface area (Å²) in [5.41, 5.74) is 0.995. The van der Waals surface area contributed by atoms with Gasteiger partial charge in [-0.05, 0) is 49.2 Å². The molecule has 2 aromatic carbocycles. The third kappa shape index (κ3) is 3.62. The Labute approximate surface area is 120 Å². The minimum atomic E-state index is -4.44. The fourth-order valence-electron chi connectivity index (χ4n) is 2.05. The van der Waals surface area contributed by atoms with Crippen LogP contribution >= 0.6 is 0 Å². The Hall–Kier alpha value is -2.30. The fourth-order valence-corrected chi connectivity index (χ4v) is 2.05. The van der Waals surface area contributed by atoms with Crippen LogP contribution in [-0.2, 0) is 6.18 Å². The van der Waals surface area contributed by atoms with Crippen molar-refractivity contribution in [1.82, 2.24) is 0 Å². The molecule has 2 rings (SSSR count). The van der Waals surface area contributed by atoms with Gasteiger partial charge in [0.1, 0.15) is 0 Å². The molecule has 0 bridgehead atoms. The van der Waals surface area contributed by atoms with Gasteiger partial charge in [0.25, 0.3) is 5.91 Å². The smallest absolute Gasteiger partial charge is 0.322 e. The van der Waals surface area contributed by atoms with Crippen LogP contribution in [0, 0.1) is 13.8 Å². The third-order valence-electron chi connectivity index (χ3n) is 3.05. The molecule has 0 spiro atoms. The maximum Gasteiger partial charge on any atom is 0.416 e. The fraction of sp³-hybridized carbons (Fsp3) is 0.188. The molecule has 0 radical (unpaired) electrons. The van der Waals surface area contributed by atoms with Crippen LogP contribution in [0.3, 0.4) is 0 Å². The number of aryl methyl sites for hydroxylation is 2. The van der Waals surface area contributed by atoms with E-state index in [1.54, 1.807) is 38.1 Å². The lowest BCUT2D eigenvalue weighted by molar-refractivity contribution is -0.137. The Kier molecular flexibility index (Phi) is 4.02. The van der Waals surface area contributed by atoms with Gasteiger partial charge < -0.3 is 5.32 Å². The molecule has 0 saturated carbocycles. The van der Waals surface area contributed by atoms with Gasteiger partial charge in [0.05, 0.1) is 5.56 Å². The first-order valence-electron chi connectivity index (χ1n) is 6.33. The number of carbonyl (C=O) groups excluding carboxylic acids is 1. The molecular weight excluding hydrogens is 279 g/mol. The molecule has 0 heterocycles. The summed E-state index contributed by atoms with van der Waals surface area (Å²) >= 11 is 0. The highest BCUT2D eigenvalue weighted by Gasteiger charge is 2.31. The Morgan fingerprint density at radius 2 is 1.71 bits per heavy atom. The second-order valence-electron chi connectivity index (χ2n) is 4.85. The van der Waals surface area contributed by atoms with Gasteiger partial charge in [-0.1, -0.05) is 18.2 Å². The van der Waals surface area contributed by atoms with Crippen molar-refractivity contribution in [3.05, 3.63) is 64.7 Å². The first kappa shape index (κ1) is 15.1. The highest BCUT2D eigenvalue weighted by Crippen LogP contribution is 2.32. The van der Waals surface area contributed by atoms with Gasteiger partial charge in [0.15, 0.2) is 0 Å². The quantitative estimate of drug-likeness (QED) is 0.863. The number of halogens is 3. The van der Waals surface area contributed by atoms with Crippen LogP contribution < -0.4 is 5.32 Å². The maximum atomic E-state index is 12.8. The van der Waals surface area contributed by atoms with Gasteiger partial charge in [-0.15, -0.1) is 0 Å². The summed E-state index contributed by atoms with van der Waals surface area (Å²) in [4.78, 5) is 12.1. The van der Waals surface area contributed by atoms with Crippen molar-refractivity contribution in [2.45, 2.75) is 20.0 Å². The molecule has 0 saturated heterocycles. The van der Waals surface area contributed by atoms with Crippen molar-refractivity contribution < 1.29 is 18.0 Å². The minimum absolute atomic E-state index is 0.135. The molecule has 0 aliphatic heterocycles. The number of nitrogens with one attached hydrogen (secondary N) is 1. The van der Waals surface area contributed by atoms with E-state index in [0.29, 0.717) is 11.1 Å². The SMILES string of the molecule is Cc1cc(NC(=O)c2ccccc2C)cc(C(F)(F)F)c1. The topological polar surface area (TPSA) is 29.1 Å². The number of amides is 1. The van der Waals surface area contributed by atoms with Crippen LogP contribution in [0.25, 0.3) is 0 Å². The molecule has 2 nitrogen and oxygen atoms in total. The molecule has 0 aliphatic rings. The zero-order valence-corrected chi connectivity index (χ0v) is 11.6. The van der Waals surface area contributed by atoms with Crippen LogP contribution in [0.4, 0.5) is 18.9 Å². The van der Waals surface area contributed by atoms with Crippen molar-refractivity contribution in [1.29, 1.82) is 0 Å². The number of benzene rings is 2. The summed E-state index contributed by atoms with van der Waals surface area (Å²) in [6, 6.07) is 10.4. The third-order valence-corrected chi connectivity index (χ3v) is 3.05. The van der Waals surface area contributed by atoms with Crippen molar-refractivity contribution in [3.8, 4) is 0 Å². The van der Waals surface area contributed by atoms with Crippen molar-refractivity contribution >= 4 is 11.6 Å². The van der Waals surface area contributed by atoms with Gasteiger partial charge in [0, 0.05) is 11.3 Å². The molecule has 0 aromatic heterocycles. The molecule has 0 atom stereocenters. The number of hydrogen-bond donors (Lipinski definition) is 1. The van der Waals surface area contributed by atoms with Gasteiger partial charge in [-0.3, -0.25) is 4.79 Å². The summed E-state index contributed by atoms with van der Waals surface area (Å²) in [7, 11) is 0. The molecule has 0 fully saturated rings. The Bertz CT molecular complexity index is 677. The van der Waals surface area contributed by atoms with Gasteiger partial charge >= 0.3 is 6.18 Å². The van der Waals surface area contributed by atoms with Crippen LogP contribution in [-0.4, -0.2) is 5.91 Å². The molecule has 1 N–H and O–H groups in total. The monoisotopic (exact) mass is 293 g/mol. The maximum absolute atomic E-state index is 12.8. The molecule has 0 unspecified atom stereocenters. The highest BCUT2D eigenvalue weighted by molar-refractivity contribution is 6.05. The lowest BCUT2D eigenvalue weighted by Crippen LogP contribution is -2.14.